The van der Waals surface area contributed by atoms with E-state index < -0.39 is 13.9 Å². The van der Waals surface area contributed by atoms with Gasteiger partial charge in [0, 0.05) is 13.0 Å². The van der Waals surface area contributed by atoms with Gasteiger partial charge in [-0.15, -0.1) is 0 Å². The number of unbranched alkanes of at least 4 members (excludes halogenated alkanes) is 20. The summed E-state index contributed by atoms with van der Waals surface area (Å²) < 4.78 is 34.8. The molecule has 9 heteroatoms. The molecule has 0 aromatic rings. The predicted molar refractivity (Wildman–Crippen MR) is 197 cm³/mol. The number of allylic oxidation sites excluding steroid dienone is 2. The molecule has 0 heterocycles. The Labute approximate surface area is 290 Å². The van der Waals surface area contributed by atoms with Gasteiger partial charge in [-0.3, -0.25) is 13.8 Å². The van der Waals surface area contributed by atoms with Gasteiger partial charge in [0.2, 0.25) is 0 Å². The Morgan fingerprint density at radius 3 is 1.68 bits per heavy atom. The zero-order valence-electron chi connectivity index (χ0n) is 31.5. The zero-order chi connectivity index (χ0) is 34.9. The van der Waals surface area contributed by atoms with Crippen LogP contribution in [0.1, 0.15) is 168 Å². The summed E-state index contributed by atoms with van der Waals surface area (Å²) in [6.45, 7) is 5.59. The first-order valence-corrected chi connectivity index (χ1v) is 20.9. The van der Waals surface area contributed by atoms with Crippen molar-refractivity contribution in [3.63, 3.8) is 0 Å². The number of ether oxygens (including phenoxy) is 2. The Bertz CT molecular complexity index is 772. The van der Waals surface area contributed by atoms with Gasteiger partial charge in [-0.2, -0.15) is 0 Å². The van der Waals surface area contributed by atoms with Crippen LogP contribution in [-0.2, 0) is 27.9 Å². The predicted octanol–water partition coefficient (Wildman–Crippen LogP) is 10.7. The van der Waals surface area contributed by atoms with Crippen molar-refractivity contribution in [2.75, 3.05) is 54.1 Å². The number of carbonyl (C=O) groups is 1. The molecular formula is C38H77NO7P+. The maximum absolute atomic E-state index is 12.6. The number of hydrogen-bond donors (Lipinski definition) is 1. The van der Waals surface area contributed by atoms with Crippen LogP contribution >= 0.6 is 7.82 Å². The Morgan fingerprint density at radius 2 is 1.13 bits per heavy atom. The standard InChI is InChI=1S/C38H76NO7P/c1-6-8-10-12-14-16-18-20-21-23-25-27-29-31-38(40)46-37(36-45-47(41,42)44-34-32-39(3,4)5)35-43-33-30-28-26-24-22-19-17-15-13-11-9-7-2/h13,15,37H,6-12,14,16-36H2,1-5H3/p+1/b15-13-. The summed E-state index contributed by atoms with van der Waals surface area (Å²) in [5.74, 6) is -0.316. The van der Waals surface area contributed by atoms with Gasteiger partial charge in [-0.05, 0) is 32.1 Å². The Hall–Kier alpha value is -0.760. The summed E-state index contributed by atoms with van der Waals surface area (Å²) in [6, 6.07) is 0. The van der Waals surface area contributed by atoms with E-state index in [1.54, 1.807) is 0 Å². The van der Waals surface area contributed by atoms with Crippen molar-refractivity contribution in [1.82, 2.24) is 0 Å². The lowest BCUT2D eigenvalue weighted by molar-refractivity contribution is -0.870. The molecule has 0 radical (unpaired) electrons. The van der Waals surface area contributed by atoms with Gasteiger partial charge < -0.3 is 18.9 Å². The molecule has 0 aromatic heterocycles. The molecule has 0 amide bonds. The second-order valence-corrected chi connectivity index (χ2v) is 15.8. The largest absolute Gasteiger partial charge is 0.472 e. The second kappa shape index (κ2) is 32.4. The Kier molecular flexibility index (Phi) is 31.9. The highest BCUT2D eigenvalue weighted by Gasteiger charge is 2.26. The Morgan fingerprint density at radius 1 is 0.638 bits per heavy atom. The van der Waals surface area contributed by atoms with E-state index >= 15 is 0 Å². The normalized spacial score (nSPS) is 14.1. The van der Waals surface area contributed by atoms with Gasteiger partial charge in [0.05, 0.1) is 34.4 Å². The fraction of sp³-hybridized carbons (Fsp3) is 0.921. The minimum Gasteiger partial charge on any atom is -0.457 e. The first-order chi connectivity index (χ1) is 22.6. The first kappa shape index (κ1) is 46.2. The van der Waals surface area contributed by atoms with Crippen LogP contribution in [0.4, 0.5) is 0 Å². The van der Waals surface area contributed by atoms with Gasteiger partial charge in [-0.25, -0.2) is 4.57 Å². The molecule has 1 N–H and O–H groups in total. The minimum absolute atomic E-state index is 0.0902. The molecule has 280 valence electrons. The van der Waals surface area contributed by atoms with Crippen molar-refractivity contribution >= 4 is 13.8 Å². The fourth-order valence-electron chi connectivity index (χ4n) is 5.24. The minimum atomic E-state index is -4.26. The fourth-order valence-corrected chi connectivity index (χ4v) is 5.98. The lowest BCUT2D eigenvalue weighted by atomic mass is 10.0. The van der Waals surface area contributed by atoms with E-state index in [4.69, 9.17) is 18.5 Å². The molecule has 2 atom stereocenters. The van der Waals surface area contributed by atoms with Crippen molar-refractivity contribution in [2.45, 2.75) is 174 Å². The molecule has 0 spiro atoms. The number of esters is 1. The molecule has 0 fully saturated rings. The summed E-state index contributed by atoms with van der Waals surface area (Å²) >= 11 is 0. The van der Waals surface area contributed by atoms with Crippen LogP contribution in [0.15, 0.2) is 12.2 Å². The molecule has 0 rings (SSSR count). The van der Waals surface area contributed by atoms with Crippen molar-refractivity contribution in [3.05, 3.63) is 12.2 Å². The molecule has 0 aliphatic heterocycles. The lowest BCUT2D eigenvalue weighted by Crippen LogP contribution is -2.37. The van der Waals surface area contributed by atoms with E-state index in [0.717, 1.165) is 32.1 Å². The van der Waals surface area contributed by atoms with Gasteiger partial charge in [-0.1, -0.05) is 142 Å². The average Bonchev–Trinajstić information content (AvgIpc) is 3.01. The van der Waals surface area contributed by atoms with E-state index in [-0.39, 0.29) is 25.8 Å². The summed E-state index contributed by atoms with van der Waals surface area (Å²) in [5, 5.41) is 0. The highest BCUT2D eigenvalue weighted by molar-refractivity contribution is 7.47. The lowest BCUT2D eigenvalue weighted by Gasteiger charge is -2.24. The quantitative estimate of drug-likeness (QED) is 0.0230. The maximum atomic E-state index is 12.6. The zero-order valence-corrected chi connectivity index (χ0v) is 32.4. The number of nitrogens with zero attached hydrogens (tertiary/aromatic N) is 1. The van der Waals surface area contributed by atoms with E-state index in [1.165, 1.54) is 116 Å². The van der Waals surface area contributed by atoms with Gasteiger partial charge in [0.15, 0.2) is 0 Å². The number of phosphoric ester groups is 1. The van der Waals surface area contributed by atoms with E-state index in [0.29, 0.717) is 24.1 Å². The number of carbonyl (C=O) groups excluding carboxylic acids is 1. The third-order valence-electron chi connectivity index (χ3n) is 8.33. The third-order valence-corrected chi connectivity index (χ3v) is 9.31. The van der Waals surface area contributed by atoms with Crippen molar-refractivity contribution in [2.24, 2.45) is 0 Å². The summed E-state index contributed by atoms with van der Waals surface area (Å²) in [4.78, 5) is 22.8. The van der Waals surface area contributed by atoms with E-state index in [9.17, 15) is 14.3 Å². The van der Waals surface area contributed by atoms with Crippen LogP contribution < -0.4 is 0 Å². The van der Waals surface area contributed by atoms with Crippen molar-refractivity contribution in [1.29, 1.82) is 0 Å². The molecule has 0 bridgehead atoms. The number of rotatable bonds is 36. The highest BCUT2D eigenvalue weighted by atomic mass is 31.2. The Balaban J connectivity index is 4.29. The molecular weight excluding hydrogens is 613 g/mol. The first-order valence-electron chi connectivity index (χ1n) is 19.4. The smallest absolute Gasteiger partial charge is 0.457 e. The molecule has 0 aliphatic carbocycles. The van der Waals surface area contributed by atoms with Crippen LogP contribution in [0, 0.1) is 0 Å². The molecule has 47 heavy (non-hydrogen) atoms. The maximum Gasteiger partial charge on any atom is 0.472 e. The number of quaternary nitrogens is 1. The molecule has 0 saturated carbocycles. The van der Waals surface area contributed by atoms with Gasteiger partial charge >= 0.3 is 13.8 Å². The summed E-state index contributed by atoms with van der Waals surface area (Å²) in [6.07, 6.45) is 32.3. The van der Waals surface area contributed by atoms with Crippen LogP contribution in [0.3, 0.4) is 0 Å². The number of phosphoric acid groups is 1. The average molecular weight is 691 g/mol. The van der Waals surface area contributed by atoms with Crippen molar-refractivity contribution in [3.8, 4) is 0 Å². The molecule has 2 unspecified atom stereocenters. The SMILES string of the molecule is CCCC/C=C\CCCCCCCCOCC(COP(=O)(O)OCC[N+](C)(C)C)OC(=O)CCCCCCCCCCCCCCC. The second-order valence-electron chi connectivity index (χ2n) is 14.3. The third kappa shape index (κ3) is 36.3. The number of likely N-dealkylation sites (N-methyl/N-ethyl adjacent to an activating group) is 1. The van der Waals surface area contributed by atoms with E-state index in [2.05, 4.69) is 26.0 Å². The number of hydrogen-bond acceptors (Lipinski definition) is 6. The van der Waals surface area contributed by atoms with Gasteiger partial charge in [0.1, 0.15) is 19.3 Å². The molecule has 0 aromatic carbocycles. The van der Waals surface area contributed by atoms with E-state index in [1.807, 2.05) is 21.1 Å². The highest BCUT2D eigenvalue weighted by Crippen LogP contribution is 2.43. The van der Waals surface area contributed by atoms with Crippen LogP contribution in [0.25, 0.3) is 0 Å². The molecule has 8 nitrogen and oxygen atoms in total. The summed E-state index contributed by atoms with van der Waals surface area (Å²) in [5.41, 5.74) is 0. The van der Waals surface area contributed by atoms with Gasteiger partial charge in [0.25, 0.3) is 0 Å². The molecule has 0 aliphatic rings. The van der Waals surface area contributed by atoms with Crippen LogP contribution in [0.2, 0.25) is 0 Å². The summed E-state index contributed by atoms with van der Waals surface area (Å²) in [7, 11) is 1.67. The van der Waals surface area contributed by atoms with Crippen LogP contribution in [0.5, 0.6) is 0 Å². The molecule has 0 saturated heterocycles. The van der Waals surface area contributed by atoms with Crippen molar-refractivity contribution < 1.29 is 37.3 Å². The topological polar surface area (TPSA) is 91.3 Å². The monoisotopic (exact) mass is 691 g/mol. The van der Waals surface area contributed by atoms with Crippen LogP contribution in [-0.4, -0.2) is 75.6 Å².